The molecule has 4 nitrogen and oxygen atoms in total. The van der Waals surface area contributed by atoms with Crippen LogP contribution in [0, 0.1) is 0 Å². The normalized spacial score (nSPS) is 19.7. The topological polar surface area (TPSA) is 55.4 Å². The molecule has 2 aromatic carbocycles. The number of rotatable bonds is 3. The Kier molecular flexibility index (Phi) is 3.90. The predicted molar refractivity (Wildman–Crippen MR) is 88.1 cm³/mol. The van der Waals surface area contributed by atoms with Crippen molar-refractivity contribution >= 4 is 11.9 Å². The summed E-state index contributed by atoms with van der Waals surface area (Å²) in [5.74, 6) is -0.627. The van der Waals surface area contributed by atoms with Crippen LogP contribution in [0.4, 0.5) is 0 Å². The van der Waals surface area contributed by atoms with Crippen LogP contribution in [-0.4, -0.2) is 24.5 Å². The van der Waals surface area contributed by atoms with Gasteiger partial charge < -0.3 is 10.1 Å². The highest BCUT2D eigenvalue weighted by Crippen LogP contribution is 2.34. The number of fused-ring (bicyclic) bond motifs is 1. The zero-order valence-electron chi connectivity index (χ0n) is 13.3. The Balaban J connectivity index is 2.16. The first kappa shape index (κ1) is 15.3. The minimum atomic E-state index is -0.996. The number of nitrogens with one attached hydrogen (secondary N) is 1. The quantitative estimate of drug-likeness (QED) is 0.887. The van der Waals surface area contributed by atoms with Crippen molar-refractivity contribution in [3.05, 3.63) is 59.7 Å². The molecule has 1 heterocycles. The maximum absolute atomic E-state index is 12.5. The van der Waals surface area contributed by atoms with Crippen LogP contribution in [0.3, 0.4) is 0 Å². The third kappa shape index (κ3) is 2.50. The third-order valence-corrected chi connectivity index (χ3v) is 4.52. The Labute approximate surface area is 135 Å². The number of benzene rings is 2. The van der Waals surface area contributed by atoms with Gasteiger partial charge in [-0.3, -0.25) is 4.79 Å². The minimum Gasteiger partial charge on any atom is -0.467 e. The van der Waals surface area contributed by atoms with Crippen molar-refractivity contribution in [1.29, 1.82) is 0 Å². The van der Waals surface area contributed by atoms with E-state index in [1.807, 2.05) is 49.4 Å². The molecular formula is C19H19NO3. The highest BCUT2D eigenvalue weighted by Gasteiger charge is 2.44. The van der Waals surface area contributed by atoms with Gasteiger partial charge in [-0.15, -0.1) is 0 Å². The van der Waals surface area contributed by atoms with E-state index < -0.39 is 11.5 Å². The van der Waals surface area contributed by atoms with E-state index in [0.717, 1.165) is 16.7 Å². The Morgan fingerprint density at radius 3 is 2.48 bits per heavy atom. The van der Waals surface area contributed by atoms with Gasteiger partial charge in [0.05, 0.1) is 7.11 Å². The van der Waals surface area contributed by atoms with Crippen LogP contribution in [0.25, 0.3) is 11.1 Å². The second-order valence-electron chi connectivity index (χ2n) is 5.76. The van der Waals surface area contributed by atoms with Gasteiger partial charge in [0.2, 0.25) is 0 Å². The van der Waals surface area contributed by atoms with Crippen molar-refractivity contribution in [2.75, 3.05) is 7.11 Å². The second kappa shape index (κ2) is 5.88. The summed E-state index contributed by atoms with van der Waals surface area (Å²) in [6.07, 6.45) is 0.913. The van der Waals surface area contributed by atoms with E-state index in [0.29, 0.717) is 18.4 Å². The van der Waals surface area contributed by atoms with Crippen LogP contribution in [0.5, 0.6) is 0 Å². The van der Waals surface area contributed by atoms with Gasteiger partial charge >= 0.3 is 5.97 Å². The Morgan fingerprint density at radius 1 is 1.13 bits per heavy atom. The van der Waals surface area contributed by atoms with Crippen LogP contribution in [0.15, 0.2) is 48.5 Å². The lowest BCUT2D eigenvalue weighted by atomic mass is 9.79. The smallest absolute Gasteiger partial charge is 0.331 e. The van der Waals surface area contributed by atoms with Gasteiger partial charge in [0.15, 0.2) is 0 Å². The lowest BCUT2D eigenvalue weighted by molar-refractivity contribution is -0.148. The molecule has 0 saturated carbocycles. The predicted octanol–water partition coefficient (Wildman–Crippen LogP) is 2.96. The molecule has 1 N–H and O–H groups in total. The molecular weight excluding hydrogens is 290 g/mol. The summed E-state index contributed by atoms with van der Waals surface area (Å²) in [5.41, 5.74) is 2.55. The van der Waals surface area contributed by atoms with Crippen molar-refractivity contribution in [3.8, 4) is 11.1 Å². The Bertz CT molecular complexity index is 754. The number of amides is 1. The number of hydrogen-bond acceptors (Lipinski definition) is 3. The van der Waals surface area contributed by atoms with E-state index in [-0.39, 0.29) is 5.91 Å². The molecule has 3 rings (SSSR count). The molecule has 1 aliphatic rings. The van der Waals surface area contributed by atoms with E-state index in [1.54, 1.807) is 6.07 Å². The lowest BCUT2D eigenvalue weighted by Crippen LogP contribution is -2.59. The number of methoxy groups -OCH3 is 1. The van der Waals surface area contributed by atoms with Gasteiger partial charge in [0.1, 0.15) is 5.54 Å². The molecule has 23 heavy (non-hydrogen) atoms. The maximum Gasteiger partial charge on any atom is 0.331 e. The van der Waals surface area contributed by atoms with Crippen LogP contribution < -0.4 is 5.32 Å². The fraction of sp³-hybridized carbons (Fsp3) is 0.263. The van der Waals surface area contributed by atoms with E-state index in [2.05, 4.69) is 5.32 Å². The zero-order chi connectivity index (χ0) is 16.4. The highest BCUT2D eigenvalue weighted by atomic mass is 16.5. The second-order valence-corrected chi connectivity index (χ2v) is 5.76. The summed E-state index contributed by atoms with van der Waals surface area (Å²) in [7, 11) is 1.35. The summed E-state index contributed by atoms with van der Waals surface area (Å²) in [4.78, 5) is 24.8. The van der Waals surface area contributed by atoms with Crippen LogP contribution in [0.1, 0.15) is 29.3 Å². The number of hydrogen-bond donors (Lipinski definition) is 1. The van der Waals surface area contributed by atoms with Crippen LogP contribution in [-0.2, 0) is 16.0 Å². The molecule has 0 aromatic heterocycles. The number of esters is 1. The average molecular weight is 309 g/mol. The van der Waals surface area contributed by atoms with Crippen molar-refractivity contribution in [2.24, 2.45) is 0 Å². The standard InChI is InChI=1S/C19H19NO3/c1-3-19(18(22)23-2)12-16-14(13-8-5-4-6-9-13)10-7-11-15(16)17(21)20-19/h4-11H,3,12H2,1-2H3,(H,20,21). The van der Waals surface area contributed by atoms with Crippen LogP contribution in [0.2, 0.25) is 0 Å². The largest absolute Gasteiger partial charge is 0.467 e. The van der Waals surface area contributed by atoms with Gasteiger partial charge in [0, 0.05) is 12.0 Å². The maximum atomic E-state index is 12.5. The van der Waals surface area contributed by atoms with Crippen molar-refractivity contribution in [1.82, 2.24) is 5.32 Å². The van der Waals surface area contributed by atoms with Crippen molar-refractivity contribution in [3.63, 3.8) is 0 Å². The molecule has 1 aliphatic heterocycles. The van der Waals surface area contributed by atoms with Gasteiger partial charge in [-0.2, -0.15) is 0 Å². The molecule has 2 aromatic rings. The molecule has 0 spiro atoms. The average Bonchev–Trinajstić information content (AvgIpc) is 2.61. The fourth-order valence-corrected chi connectivity index (χ4v) is 3.19. The summed E-state index contributed by atoms with van der Waals surface area (Å²) >= 11 is 0. The number of carbonyl (C=O) groups excluding carboxylic acids is 2. The highest BCUT2D eigenvalue weighted by molar-refractivity contribution is 6.03. The summed E-state index contributed by atoms with van der Waals surface area (Å²) in [6, 6.07) is 15.6. The monoisotopic (exact) mass is 309 g/mol. The zero-order valence-corrected chi connectivity index (χ0v) is 13.3. The van der Waals surface area contributed by atoms with E-state index in [1.165, 1.54) is 7.11 Å². The van der Waals surface area contributed by atoms with E-state index in [4.69, 9.17) is 4.74 Å². The first-order valence-electron chi connectivity index (χ1n) is 7.69. The molecule has 1 unspecified atom stereocenters. The molecule has 1 atom stereocenters. The summed E-state index contributed by atoms with van der Waals surface area (Å²) < 4.78 is 4.94. The van der Waals surface area contributed by atoms with Crippen LogP contribution >= 0.6 is 0 Å². The lowest BCUT2D eigenvalue weighted by Gasteiger charge is -2.36. The minimum absolute atomic E-state index is 0.226. The Hall–Kier alpha value is -2.62. The van der Waals surface area contributed by atoms with Gasteiger partial charge in [-0.25, -0.2) is 4.79 Å². The van der Waals surface area contributed by atoms with Gasteiger partial charge in [-0.1, -0.05) is 49.4 Å². The number of ether oxygens (including phenoxy) is 1. The van der Waals surface area contributed by atoms with Gasteiger partial charge in [-0.05, 0) is 29.2 Å². The van der Waals surface area contributed by atoms with E-state index in [9.17, 15) is 9.59 Å². The molecule has 0 aliphatic carbocycles. The fourth-order valence-electron chi connectivity index (χ4n) is 3.19. The molecule has 4 heteroatoms. The summed E-state index contributed by atoms with van der Waals surface area (Å²) in [5, 5.41) is 2.85. The molecule has 0 fully saturated rings. The van der Waals surface area contributed by atoms with Gasteiger partial charge in [0.25, 0.3) is 5.91 Å². The molecule has 0 bridgehead atoms. The van der Waals surface area contributed by atoms with E-state index >= 15 is 0 Å². The molecule has 0 radical (unpaired) electrons. The SMILES string of the molecule is CCC1(C(=O)OC)Cc2c(cccc2-c2ccccc2)C(=O)N1. The molecule has 1 amide bonds. The first-order valence-corrected chi connectivity index (χ1v) is 7.69. The molecule has 118 valence electrons. The summed E-state index contributed by atoms with van der Waals surface area (Å²) in [6.45, 7) is 1.88. The van der Waals surface area contributed by atoms with Crippen molar-refractivity contribution in [2.45, 2.75) is 25.3 Å². The molecule has 0 saturated heterocycles. The Morgan fingerprint density at radius 2 is 1.83 bits per heavy atom. The number of carbonyl (C=O) groups is 2. The first-order chi connectivity index (χ1) is 11.1. The van der Waals surface area contributed by atoms with Crippen molar-refractivity contribution < 1.29 is 14.3 Å². The third-order valence-electron chi connectivity index (χ3n) is 4.52.